The van der Waals surface area contributed by atoms with Crippen LogP contribution in [0.2, 0.25) is 0 Å². The fraction of sp³-hybridized carbons (Fsp3) is 0.200. The molecule has 0 heterocycles. The lowest BCUT2D eigenvalue weighted by atomic mass is 10.0. The van der Waals surface area contributed by atoms with Crippen LogP contribution in [0.5, 0.6) is 17.2 Å². The number of carboxylic acid groups (broad SMARTS) is 1. The van der Waals surface area contributed by atoms with E-state index < -0.39 is 12.0 Å². The summed E-state index contributed by atoms with van der Waals surface area (Å²) in [5.41, 5.74) is 1.57. The third kappa shape index (κ3) is 6.84. The number of benzene rings is 3. The van der Waals surface area contributed by atoms with Crippen molar-refractivity contribution in [2.24, 2.45) is 0 Å². The third-order valence-electron chi connectivity index (χ3n) is 4.67. The minimum Gasteiger partial charge on any atom is -0.489 e. The summed E-state index contributed by atoms with van der Waals surface area (Å²) in [6.07, 6.45) is 0.0774. The summed E-state index contributed by atoms with van der Waals surface area (Å²) < 4.78 is 24.6. The minimum absolute atomic E-state index is 0.202. The predicted molar refractivity (Wildman–Crippen MR) is 117 cm³/mol. The van der Waals surface area contributed by atoms with E-state index in [-0.39, 0.29) is 24.6 Å². The van der Waals surface area contributed by atoms with Crippen LogP contribution in [0.25, 0.3) is 0 Å². The molecule has 2 N–H and O–H groups in total. The van der Waals surface area contributed by atoms with Gasteiger partial charge in [-0.05, 0) is 59.7 Å². The van der Waals surface area contributed by atoms with Gasteiger partial charge >= 0.3 is 5.97 Å². The number of carbonyl (C=O) groups is 2. The average molecular weight is 437 g/mol. The van der Waals surface area contributed by atoms with Crippen LogP contribution in [-0.2, 0) is 16.2 Å². The molecule has 3 aromatic carbocycles. The van der Waals surface area contributed by atoms with Crippen molar-refractivity contribution in [2.75, 3.05) is 0 Å². The van der Waals surface area contributed by atoms with E-state index in [0.717, 1.165) is 5.56 Å². The molecule has 0 aromatic heterocycles. The van der Waals surface area contributed by atoms with Crippen molar-refractivity contribution in [3.8, 4) is 17.2 Å². The molecule has 0 bridgehead atoms. The monoisotopic (exact) mass is 437 g/mol. The molecule has 1 amide bonds. The lowest BCUT2D eigenvalue weighted by Crippen LogP contribution is -2.29. The lowest BCUT2D eigenvalue weighted by molar-refractivity contribution is -0.137. The Labute approximate surface area is 185 Å². The Morgan fingerprint density at radius 3 is 2.31 bits per heavy atom. The molecular formula is C25H24FNO5. The van der Waals surface area contributed by atoms with Gasteiger partial charge in [0.1, 0.15) is 29.7 Å². The Bertz CT molecular complexity index is 1050. The highest BCUT2D eigenvalue weighted by atomic mass is 19.1. The van der Waals surface area contributed by atoms with Crippen molar-refractivity contribution in [1.29, 1.82) is 0 Å². The average Bonchev–Trinajstić information content (AvgIpc) is 2.79. The maximum absolute atomic E-state index is 13.0. The number of hydrogen-bond donors (Lipinski definition) is 2. The van der Waals surface area contributed by atoms with E-state index in [1.165, 1.54) is 12.1 Å². The molecule has 0 saturated heterocycles. The highest BCUT2D eigenvalue weighted by molar-refractivity contribution is 5.77. The summed E-state index contributed by atoms with van der Waals surface area (Å²) in [6.45, 7) is 2.01. The first kappa shape index (κ1) is 22.8. The number of amides is 1. The van der Waals surface area contributed by atoms with Crippen LogP contribution >= 0.6 is 0 Å². The van der Waals surface area contributed by atoms with E-state index in [1.54, 1.807) is 49.4 Å². The topological polar surface area (TPSA) is 84.9 Å². The quantitative estimate of drug-likeness (QED) is 0.453. The second-order valence-corrected chi connectivity index (χ2v) is 7.13. The number of aliphatic carboxylic acids is 1. The normalized spacial score (nSPS) is 11.4. The molecule has 0 spiro atoms. The molecule has 1 atom stereocenters. The standard InChI is InChI=1S/C25H24FNO5/c1-2-24(28)27-23(15-25(29)30)18-6-10-20(11-7-18)31-16-17-4-3-5-22(14-17)32-21-12-8-19(26)9-13-21/h3-14,23H,2,15-16H2,1H3,(H,27,28)(H,29,30). The molecule has 32 heavy (non-hydrogen) atoms. The Morgan fingerprint density at radius 1 is 0.969 bits per heavy atom. The van der Waals surface area contributed by atoms with Crippen molar-refractivity contribution < 1.29 is 28.6 Å². The summed E-state index contributed by atoms with van der Waals surface area (Å²) in [7, 11) is 0. The molecule has 0 radical (unpaired) electrons. The first-order valence-electron chi connectivity index (χ1n) is 10.2. The number of carboxylic acids is 1. The van der Waals surface area contributed by atoms with Crippen molar-refractivity contribution in [3.63, 3.8) is 0 Å². The second-order valence-electron chi connectivity index (χ2n) is 7.13. The summed E-state index contributed by atoms with van der Waals surface area (Å²) in [6, 6.07) is 19.5. The fourth-order valence-corrected chi connectivity index (χ4v) is 3.02. The van der Waals surface area contributed by atoms with E-state index in [1.807, 2.05) is 18.2 Å². The van der Waals surface area contributed by atoms with E-state index >= 15 is 0 Å². The van der Waals surface area contributed by atoms with Gasteiger partial charge in [0.15, 0.2) is 0 Å². The van der Waals surface area contributed by atoms with Gasteiger partial charge < -0.3 is 19.9 Å². The lowest BCUT2D eigenvalue weighted by Gasteiger charge is -2.17. The zero-order valence-electron chi connectivity index (χ0n) is 17.6. The molecule has 0 aliphatic carbocycles. The molecule has 166 valence electrons. The highest BCUT2D eigenvalue weighted by Gasteiger charge is 2.17. The van der Waals surface area contributed by atoms with E-state index in [2.05, 4.69) is 5.32 Å². The number of rotatable bonds is 10. The maximum atomic E-state index is 13.0. The molecule has 7 heteroatoms. The predicted octanol–water partition coefficient (Wildman–Crippen LogP) is 5.24. The van der Waals surface area contributed by atoms with Crippen LogP contribution in [0.3, 0.4) is 0 Å². The molecule has 0 aliphatic heterocycles. The minimum atomic E-state index is -0.991. The number of ether oxygens (including phenoxy) is 2. The summed E-state index contributed by atoms with van der Waals surface area (Å²) in [5, 5.41) is 11.8. The number of hydrogen-bond acceptors (Lipinski definition) is 4. The van der Waals surface area contributed by atoms with E-state index in [0.29, 0.717) is 29.4 Å². The van der Waals surface area contributed by atoms with Crippen LogP contribution in [-0.4, -0.2) is 17.0 Å². The van der Waals surface area contributed by atoms with Crippen molar-refractivity contribution in [3.05, 3.63) is 89.7 Å². The fourth-order valence-electron chi connectivity index (χ4n) is 3.02. The second kappa shape index (κ2) is 10.9. The van der Waals surface area contributed by atoms with Crippen LogP contribution < -0.4 is 14.8 Å². The smallest absolute Gasteiger partial charge is 0.305 e. The summed E-state index contributed by atoms with van der Waals surface area (Å²) in [4.78, 5) is 22.8. The number of nitrogens with one attached hydrogen (secondary N) is 1. The first-order chi connectivity index (χ1) is 15.4. The molecular weight excluding hydrogens is 413 g/mol. The van der Waals surface area contributed by atoms with Crippen LogP contribution in [0, 0.1) is 5.82 Å². The molecule has 0 saturated carbocycles. The maximum Gasteiger partial charge on any atom is 0.305 e. The van der Waals surface area contributed by atoms with Gasteiger partial charge in [-0.25, -0.2) is 4.39 Å². The third-order valence-corrected chi connectivity index (χ3v) is 4.67. The van der Waals surface area contributed by atoms with Gasteiger partial charge in [-0.2, -0.15) is 0 Å². The van der Waals surface area contributed by atoms with Crippen molar-refractivity contribution in [2.45, 2.75) is 32.4 Å². The molecule has 0 fully saturated rings. The van der Waals surface area contributed by atoms with Gasteiger partial charge in [-0.1, -0.05) is 31.2 Å². The molecule has 6 nitrogen and oxygen atoms in total. The Balaban J connectivity index is 1.61. The van der Waals surface area contributed by atoms with Crippen LogP contribution in [0.1, 0.15) is 36.9 Å². The number of carbonyl (C=O) groups excluding carboxylic acids is 1. The zero-order valence-corrected chi connectivity index (χ0v) is 17.6. The van der Waals surface area contributed by atoms with Crippen LogP contribution in [0.4, 0.5) is 4.39 Å². The van der Waals surface area contributed by atoms with Crippen molar-refractivity contribution in [1.82, 2.24) is 5.32 Å². The SMILES string of the molecule is CCC(=O)NC(CC(=O)O)c1ccc(OCc2cccc(Oc3ccc(F)cc3)c2)cc1. The van der Waals surface area contributed by atoms with Gasteiger partial charge in [0, 0.05) is 6.42 Å². The Morgan fingerprint density at radius 2 is 1.66 bits per heavy atom. The Hall–Kier alpha value is -3.87. The van der Waals surface area contributed by atoms with Gasteiger partial charge in [0.05, 0.1) is 12.5 Å². The first-order valence-corrected chi connectivity index (χ1v) is 10.2. The zero-order chi connectivity index (χ0) is 22.9. The Kier molecular flexibility index (Phi) is 7.80. The summed E-state index contributed by atoms with van der Waals surface area (Å²) in [5.74, 6) is 0.221. The largest absolute Gasteiger partial charge is 0.489 e. The molecule has 3 aromatic rings. The van der Waals surface area contributed by atoms with Gasteiger partial charge in [-0.3, -0.25) is 9.59 Å². The molecule has 3 rings (SSSR count). The van der Waals surface area contributed by atoms with Gasteiger partial charge in [0.2, 0.25) is 5.91 Å². The molecule has 0 aliphatic rings. The highest BCUT2D eigenvalue weighted by Crippen LogP contribution is 2.24. The van der Waals surface area contributed by atoms with Gasteiger partial charge in [-0.15, -0.1) is 0 Å². The van der Waals surface area contributed by atoms with Crippen LogP contribution in [0.15, 0.2) is 72.8 Å². The van der Waals surface area contributed by atoms with E-state index in [9.17, 15) is 14.0 Å². The van der Waals surface area contributed by atoms with E-state index in [4.69, 9.17) is 14.6 Å². The number of halogens is 1. The van der Waals surface area contributed by atoms with Crippen molar-refractivity contribution >= 4 is 11.9 Å². The van der Waals surface area contributed by atoms with Gasteiger partial charge in [0.25, 0.3) is 0 Å². The summed E-state index contributed by atoms with van der Waals surface area (Å²) >= 11 is 0. The molecule has 1 unspecified atom stereocenters.